The molecule has 0 aliphatic heterocycles. The SMILES string of the molecule is O=C(CSc1ccc(Cl)cc1)NCC1(O)CCC1. The Kier molecular flexibility index (Phi) is 4.54. The molecular weight excluding hydrogens is 270 g/mol. The van der Waals surface area contributed by atoms with E-state index in [9.17, 15) is 9.90 Å². The molecule has 1 saturated carbocycles. The summed E-state index contributed by atoms with van der Waals surface area (Å²) in [4.78, 5) is 12.6. The van der Waals surface area contributed by atoms with Crippen LogP contribution < -0.4 is 5.32 Å². The number of nitrogens with one attached hydrogen (secondary N) is 1. The molecule has 1 fully saturated rings. The minimum atomic E-state index is -0.652. The Morgan fingerprint density at radius 1 is 1.39 bits per heavy atom. The first kappa shape index (κ1) is 13.7. The Bertz CT molecular complexity index is 418. The molecule has 1 amide bonds. The standard InChI is InChI=1S/C13H16ClNO2S/c14-10-2-4-11(5-3-10)18-8-12(16)15-9-13(17)6-1-7-13/h2-5,17H,1,6-9H2,(H,15,16). The molecule has 18 heavy (non-hydrogen) atoms. The molecule has 0 unspecified atom stereocenters. The van der Waals surface area contributed by atoms with Crippen LogP contribution in [0.2, 0.25) is 5.02 Å². The van der Waals surface area contributed by atoms with Crippen molar-refractivity contribution in [3.63, 3.8) is 0 Å². The molecule has 0 radical (unpaired) electrons. The van der Waals surface area contributed by atoms with Crippen molar-refractivity contribution in [1.29, 1.82) is 0 Å². The molecule has 0 saturated heterocycles. The van der Waals surface area contributed by atoms with E-state index in [1.165, 1.54) is 11.8 Å². The first-order chi connectivity index (χ1) is 8.57. The van der Waals surface area contributed by atoms with Crippen molar-refractivity contribution >= 4 is 29.3 Å². The average Bonchev–Trinajstić information content (AvgIpc) is 2.33. The number of amides is 1. The van der Waals surface area contributed by atoms with Crippen LogP contribution in [-0.2, 0) is 4.79 Å². The molecule has 3 nitrogen and oxygen atoms in total. The molecule has 1 aliphatic carbocycles. The van der Waals surface area contributed by atoms with E-state index >= 15 is 0 Å². The van der Waals surface area contributed by atoms with Gasteiger partial charge in [0.2, 0.25) is 5.91 Å². The second kappa shape index (κ2) is 5.95. The zero-order valence-corrected chi connectivity index (χ0v) is 11.6. The zero-order chi connectivity index (χ0) is 13.0. The average molecular weight is 286 g/mol. The molecule has 0 heterocycles. The van der Waals surface area contributed by atoms with Crippen LogP contribution in [0.3, 0.4) is 0 Å². The van der Waals surface area contributed by atoms with Gasteiger partial charge in [-0.15, -0.1) is 11.8 Å². The normalized spacial score (nSPS) is 17.0. The number of aliphatic hydroxyl groups is 1. The van der Waals surface area contributed by atoms with Crippen molar-refractivity contribution in [3.05, 3.63) is 29.3 Å². The molecule has 2 rings (SSSR count). The highest BCUT2D eigenvalue weighted by molar-refractivity contribution is 8.00. The number of benzene rings is 1. The molecule has 0 aromatic heterocycles. The molecule has 98 valence electrons. The van der Waals surface area contributed by atoms with Crippen molar-refractivity contribution in [3.8, 4) is 0 Å². The summed E-state index contributed by atoms with van der Waals surface area (Å²) in [7, 11) is 0. The van der Waals surface area contributed by atoms with Crippen molar-refractivity contribution in [2.75, 3.05) is 12.3 Å². The maximum absolute atomic E-state index is 11.6. The van der Waals surface area contributed by atoms with Crippen molar-refractivity contribution in [2.24, 2.45) is 0 Å². The topological polar surface area (TPSA) is 49.3 Å². The maximum atomic E-state index is 11.6. The van der Waals surface area contributed by atoms with Crippen LogP contribution >= 0.6 is 23.4 Å². The molecule has 1 aromatic carbocycles. The van der Waals surface area contributed by atoms with Gasteiger partial charge in [0.15, 0.2) is 0 Å². The first-order valence-electron chi connectivity index (χ1n) is 5.95. The molecule has 0 bridgehead atoms. The second-order valence-corrected chi connectivity index (χ2v) is 6.08. The molecule has 0 spiro atoms. The number of hydrogen-bond donors (Lipinski definition) is 2. The third-order valence-corrected chi connectivity index (χ3v) is 4.35. The lowest BCUT2D eigenvalue weighted by molar-refractivity contribution is -0.121. The fourth-order valence-electron chi connectivity index (χ4n) is 1.76. The fourth-order valence-corrected chi connectivity index (χ4v) is 2.61. The van der Waals surface area contributed by atoms with E-state index < -0.39 is 5.60 Å². The third kappa shape index (κ3) is 3.90. The van der Waals surface area contributed by atoms with Gasteiger partial charge in [-0.1, -0.05) is 11.6 Å². The quantitative estimate of drug-likeness (QED) is 0.817. The molecular formula is C13H16ClNO2S. The van der Waals surface area contributed by atoms with Gasteiger partial charge < -0.3 is 10.4 Å². The molecule has 1 aliphatic rings. The fraction of sp³-hybridized carbons (Fsp3) is 0.462. The largest absolute Gasteiger partial charge is 0.388 e. The summed E-state index contributed by atoms with van der Waals surface area (Å²) < 4.78 is 0. The molecule has 5 heteroatoms. The van der Waals surface area contributed by atoms with Gasteiger partial charge in [0.1, 0.15) is 0 Å². The van der Waals surface area contributed by atoms with Crippen LogP contribution in [0.1, 0.15) is 19.3 Å². The third-order valence-electron chi connectivity index (χ3n) is 3.08. The number of carbonyl (C=O) groups excluding carboxylic acids is 1. The van der Waals surface area contributed by atoms with E-state index in [0.29, 0.717) is 17.3 Å². The summed E-state index contributed by atoms with van der Waals surface area (Å²) in [6.45, 7) is 0.368. The Morgan fingerprint density at radius 3 is 2.61 bits per heavy atom. The lowest BCUT2D eigenvalue weighted by Crippen LogP contribution is -2.48. The lowest BCUT2D eigenvalue weighted by Gasteiger charge is -2.36. The van der Waals surface area contributed by atoms with Crippen molar-refractivity contribution in [1.82, 2.24) is 5.32 Å². The number of rotatable bonds is 5. The first-order valence-corrected chi connectivity index (χ1v) is 7.31. The highest BCUT2D eigenvalue weighted by Gasteiger charge is 2.34. The van der Waals surface area contributed by atoms with Crippen LogP contribution in [-0.4, -0.2) is 28.9 Å². The van der Waals surface area contributed by atoms with E-state index in [-0.39, 0.29) is 5.91 Å². The van der Waals surface area contributed by atoms with Crippen LogP contribution in [0, 0.1) is 0 Å². The predicted octanol–water partition coefficient (Wildman–Crippen LogP) is 2.46. The maximum Gasteiger partial charge on any atom is 0.230 e. The highest BCUT2D eigenvalue weighted by atomic mass is 35.5. The second-order valence-electron chi connectivity index (χ2n) is 4.60. The Morgan fingerprint density at radius 2 is 2.06 bits per heavy atom. The lowest BCUT2D eigenvalue weighted by atomic mass is 9.80. The minimum absolute atomic E-state index is 0.0460. The zero-order valence-electron chi connectivity index (χ0n) is 9.99. The minimum Gasteiger partial charge on any atom is -0.388 e. The monoisotopic (exact) mass is 285 g/mol. The Hall–Kier alpha value is -0.710. The van der Waals surface area contributed by atoms with Gasteiger partial charge in [-0.2, -0.15) is 0 Å². The summed E-state index contributed by atoms with van der Waals surface area (Å²) in [5.74, 6) is 0.313. The van der Waals surface area contributed by atoms with E-state index in [2.05, 4.69) is 5.32 Å². The van der Waals surface area contributed by atoms with Crippen LogP contribution in [0.5, 0.6) is 0 Å². The number of carbonyl (C=O) groups is 1. The number of hydrogen-bond acceptors (Lipinski definition) is 3. The van der Waals surface area contributed by atoms with E-state index in [1.807, 2.05) is 12.1 Å². The smallest absolute Gasteiger partial charge is 0.230 e. The summed E-state index contributed by atoms with van der Waals surface area (Å²) in [6.07, 6.45) is 2.63. The Labute approximate surface area is 116 Å². The number of thioether (sulfide) groups is 1. The summed E-state index contributed by atoms with van der Waals surface area (Å²) in [5, 5.41) is 13.3. The molecule has 0 atom stereocenters. The Balaban J connectivity index is 1.69. The summed E-state index contributed by atoms with van der Waals surface area (Å²) >= 11 is 7.24. The molecule has 1 aromatic rings. The van der Waals surface area contributed by atoms with Gasteiger partial charge in [-0.05, 0) is 43.5 Å². The van der Waals surface area contributed by atoms with Crippen LogP contribution in [0.25, 0.3) is 0 Å². The predicted molar refractivity (Wildman–Crippen MR) is 74.0 cm³/mol. The number of halogens is 1. The highest BCUT2D eigenvalue weighted by Crippen LogP contribution is 2.30. The van der Waals surface area contributed by atoms with Gasteiger partial charge in [-0.3, -0.25) is 4.79 Å². The van der Waals surface area contributed by atoms with E-state index in [0.717, 1.165) is 24.2 Å². The summed E-state index contributed by atoms with van der Waals surface area (Å²) in [6, 6.07) is 7.39. The van der Waals surface area contributed by atoms with Crippen LogP contribution in [0.4, 0.5) is 0 Å². The van der Waals surface area contributed by atoms with Gasteiger partial charge in [-0.25, -0.2) is 0 Å². The summed E-state index contributed by atoms with van der Waals surface area (Å²) in [5.41, 5.74) is -0.652. The van der Waals surface area contributed by atoms with Gasteiger partial charge in [0.25, 0.3) is 0 Å². The van der Waals surface area contributed by atoms with E-state index in [1.54, 1.807) is 12.1 Å². The van der Waals surface area contributed by atoms with E-state index in [4.69, 9.17) is 11.6 Å². The van der Waals surface area contributed by atoms with Crippen molar-refractivity contribution < 1.29 is 9.90 Å². The van der Waals surface area contributed by atoms with Gasteiger partial charge >= 0.3 is 0 Å². The van der Waals surface area contributed by atoms with Gasteiger partial charge in [0.05, 0.1) is 11.4 Å². The van der Waals surface area contributed by atoms with Gasteiger partial charge in [0, 0.05) is 16.5 Å². The van der Waals surface area contributed by atoms with Crippen LogP contribution in [0.15, 0.2) is 29.2 Å². The van der Waals surface area contributed by atoms with Crippen molar-refractivity contribution in [2.45, 2.75) is 29.8 Å². The molecule has 2 N–H and O–H groups in total.